The highest BCUT2D eigenvalue weighted by molar-refractivity contribution is 7.88. The second kappa shape index (κ2) is 10.9. The summed E-state index contributed by atoms with van der Waals surface area (Å²) in [6, 6.07) is 13.1. The number of hydrogen-bond donors (Lipinski definition) is 1. The number of nitrogens with one attached hydrogen (secondary N) is 1. The fraction of sp³-hybridized carbons (Fsp3) is 0.333. The predicted octanol–water partition coefficient (Wildman–Crippen LogP) is 2.92. The van der Waals surface area contributed by atoms with E-state index in [0.717, 1.165) is 21.7 Å². The van der Waals surface area contributed by atoms with Crippen LogP contribution in [0.3, 0.4) is 0 Å². The van der Waals surface area contributed by atoms with Gasteiger partial charge in [0.1, 0.15) is 6.04 Å². The topological polar surface area (TPSA) is 86.8 Å². The van der Waals surface area contributed by atoms with Crippen LogP contribution in [0.15, 0.2) is 48.5 Å². The molecule has 0 spiro atoms. The van der Waals surface area contributed by atoms with E-state index in [4.69, 9.17) is 23.2 Å². The summed E-state index contributed by atoms with van der Waals surface area (Å²) in [6.45, 7) is 1.54. The van der Waals surface area contributed by atoms with Crippen molar-refractivity contribution >= 4 is 45.0 Å². The van der Waals surface area contributed by atoms with Crippen molar-refractivity contribution in [3.8, 4) is 0 Å². The SMILES string of the molecule is C[C@H](C(=O)NCc1ccccc1Cl)N(Cc1ccc(Cl)cc1)C(=O)CN(C)S(C)(=O)=O. The third-order valence-electron chi connectivity index (χ3n) is 4.77. The van der Waals surface area contributed by atoms with E-state index < -0.39 is 22.0 Å². The molecule has 0 aliphatic heterocycles. The summed E-state index contributed by atoms with van der Waals surface area (Å²) in [6.07, 6.45) is 1.02. The van der Waals surface area contributed by atoms with E-state index in [1.165, 1.54) is 11.9 Å². The number of amides is 2. The fourth-order valence-corrected chi connectivity index (χ4v) is 3.41. The smallest absolute Gasteiger partial charge is 0.242 e. The maximum Gasteiger partial charge on any atom is 0.242 e. The lowest BCUT2D eigenvalue weighted by atomic mass is 10.1. The van der Waals surface area contributed by atoms with Gasteiger partial charge in [-0.05, 0) is 36.2 Å². The highest BCUT2D eigenvalue weighted by Crippen LogP contribution is 2.16. The first-order chi connectivity index (χ1) is 14.5. The molecule has 2 rings (SSSR count). The maximum absolute atomic E-state index is 12.9. The van der Waals surface area contributed by atoms with Crippen molar-refractivity contribution in [3.05, 3.63) is 69.7 Å². The minimum absolute atomic E-state index is 0.119. The van der Waals surface area contributed by atoms with Crippen molar-refractivity contribution in [3.63, 3.8) is 0 Å². The highest BCUT2D eigenvalue weighted by Gasteiger charge is 2.28. The van der Waals surface area contributed by atoms with E-state index in [9.17, 15) is 18.0 Å². The summed E-state index contributed by atoms with van der Waals surface area (Å²) in [7, 11) is -2.24. The second-order valence-electron chi connectivity index (χ2n) is 7.15. The molecule has 0 aliphatic carbocycles. The molecule has 2 aromatic rings. The Morgan fingerprint density at radius 2 is 1.68 bits per heavy atom. The van der Waals surface area contributed by atoms with E-state index in [1.54, 1.807) is 49.4 Å². The molecule has 0 radical (unpaired) electrons. The van der Waals surface area contributed by atoms with Gasteiger partial charge in [-0.3, -0.25) is 9.59 Å². The van der Waals surface area contributed by atoms with Crippen molar-refractivity contribution in [1.29, 1.82) is 0 Å². The number of sulfonamides is 1. The van der Waals surface area contributed by atoms with Gasteiger partial charge in [0, 0.05) is 30.2 Å². The minimum atomic E-state index is -3.55. The van der Waals surface area contributed by atoms with E-state index in [-0.39, 0.29) is 25.5 Å². The van der Waals surface area contributed by atoms with Gasteiger partial charge in [-0.15, -0.1) is 0 Å². The zero-order valence-corrected chi connectivity index (χ0v) is 19.8. The first-order valence-corrected chi connectivity index (χ1v) is 12.1. The van der Waals surface area contributed by atoms with Crippen LogP contribution in [0.25, 0.3) is 0 Å². The van der Waals surface area contributed by atoms with E-state index in [2.05, 4.69) is 5.32 Å². The van der Waals surface area contributed by atoms with Crippen molar-refractivity contribution in [1.82, 2.24) is 14.5 Å². The molecule has 0 unspecified atom stereocenters. The molecule has 1 N–H and O–H groups in total. The molecule has 10 heteroatoms. The van der Waals surface area contributed by atoms with Gasteiger partial charge >= 0.3 is 0 Å². The number of halogens is 2. The van der Waals surface area contributed by atoms with Crippen LogP contribution in [-0.2, 0) is 32.7 Å². The molecule has 1 atom stereocenters. The summed E-state index contributed by atoms with van der Waals surface area (Å²) in [5.41, 5.74) is 1.50. The van der Waals surface area contributed by atoms with Crippen LogP contribution in [0, 0.1) is 0 Å². The van der Waals surface area contributed by atoms with E-state index in [1.807, 2.05) is 6.07 Å². The molecule has 2 amide bonds. The number of nitrogens with zero attached hydrogens (tertiary/aromatic N) is 2. The second-order valence-corrected chi connectivity index (χ2v) is 10.1. The van der Waals surface area contributed by atoms with Crippen LogP contribution < -0.4 is 5.32 Å². The van der Waals surface area contributed by atoms with Crippen LogP contribution in [0.4, 0.5) is 0 Å². The minimum Gasteiger partial charge on any atom is -0.350 e. The standard InChI is InChI=1S/C21H25Cl2N3O4S/c1-15(21(28)24-12-17-6-4-5-7-19(17)23)26(13-16-8-10-18(22)11-9-16)20(27)14-25(2)31(3,29)30/h4-11,15H,12-14H2,1-3H3,(H,24,28)/t15-/m1/s1. The van der Waals surface area contributed by atoms with Crippen molar-refractivity contribution < 1.29 is 18.0 Å². The van der Waals surface area contributed by atoms with Gasteiger partial charge in [0.2, 0.25) is 21.8 Å². The Morgan fingerprint density at radius 3 is 2.26 bits per heavy atom. The van der Waals surface area contributed by atoms with Gasteiger partial charge in [0.25, 0.3) is 0 Å². The fourth-order valence-electron chi connectivity index (χ4n) is 2.74. The number of likely N-dealkylation sites (N-methyl/N-ethyl adjacent to an activating group) is 1. The van der Waals surface area contributed by atoms with Crippen molar-refractivity contribution in [2.75, 3.05) is 19.8 Å². The third-order valence-corrected chi connectivity index (χ3v) is 6.65. The summed E-state index contributed by atoms with van der Waals surface area (Å²) in [4.78, 5) is 27.1. The Kier molecular flexibility index (Phi) is 8.88. The number of hydrogen-bond acceptors (Lipinski definition) is 4. The molecule has 168 valence electrons. The molecular formula is C21H25Cl2N3O4S. The van der Waals surface area contributed by atoms with Gasteiger partial charge in [-0.1, -0.05) is 53.5 Å². The van der Waals surface area contributed by atoms with E-state index in [0.29, 0.717) is 10.0 Å². The molecule has 0 fully saturated rings. The van der Waals surface area contributed by atoms with Gasteiger partial charge in [-0.25, -0.2) is 8.42 Å². The Morgan fingerprint density at radius 1 is 1.06 bits per heavy atom. The highest BCUT2D eigenvalue weighted by atomic mass is 35.5. The number of rotatable bonds is 9. The first kappa shape index (κ1) is 25.1. The molecule has 0 bridgehead atoms. The average Bonchev–Trinajstić information content (AvgIpc) is 2.71. The normalized spacial score (nSPS) is 12.5. The molecule has 0 saturated carbocycles. The lowest BCUT2D eigenvalue weighted by Crippen LogP contribution is -2.50. The molecule has 2 aromatic carbocycles. The first-order valence-electron chi connectivity index (χ1n) is 9.45. The number of benzene rings is 2. The molecule has 7 nitrogen and oxygen atoms in total. The number of carbonyl (C=O) groups is 2. The summed E-state index contributed by atoms with van der Waals surface area (Å²) < 4.78 is 24.4. The summed E-state index contributed by atoms with van der Waals surface area (Å²) in [5.74, 6) is -0.882. The Labute approximate surface area is 193 Å². The molecule has 31 heavy (non-hydrogen) atoms. The van der Waals surface area contributed by atoms with Crippen LogP contribution in [0.2, 0.25) is 10.0 Å². The lowest BCUT2D eigenvalue weighted by molar-refractivity contribution is -0.140. The lowest BCUT2D eigenvalue weighted by Gasteiger charge is -2.30. The quantitative estimate of drug-likeness (QED) is 0.591. The monoisotopic (exact) mass is 485 g/mol. The molecular weight excluding hydrogens is 461 g/mol. The predicted molar refractivity (Wildman–Crippen MR) is 122 cm³/mol. The van der Waals surface area contributed by atoms with Gasteiger partial charge in [-0.2, -0.15) is 4.31 Å². The zero-order valence-electron chi connectivity index (χ0n) is 17.5. The van der Waals surface area contributed by atoms with Crippen LogP contribution >= 0.6 is 23.2 Å². The van der Waals surface area contributed by atoms with E-state index >= 15 is 0 Å². The van der Waals surface area contributed by atoms with Gasteiger partial charge in [0.05, 0.1) is 12.8 Å². The molecule has 0 saturated heterocycles. The summed E-state index contributed by atoms with van der Waals surface area (Å²) >= 11 is 12.1. The van der Waals surface area contributed by atoms with Gasteiger partial charge < -0.3 is 10.2 Å². The summed E-state index contributed by atoms with van der Waals surface area (Å²) in [5, 5.41) is 3.86. The van der Waals surface area contributed by atoms with Crippen molar-refractivity contribution in [2.45, 2.75) is 26.1 Å². The van der Waals surface area contributed by atoms with Crippen LogP contribution in [0.1, 0.15) is 18.1 Å². The molecule has 0 aliphatic rings. The van der Waals surface area contributed by atoms with Crippen LogP contribution in [0.5, 0.6) is 0 Å². The number of carbonyl (C=O) groups excluding carboxylic acids is 2. The Bertz CT molecular complexity index is 1030. The average molecular weight is 486 g/mol. The van der Waals surface area contributed by atoms with Gasteiger partial charge in [0.15, 0.2) is 0 Å². The van der Waals surface area contributed by atoms with Crippen molar-refractivity contribution in [2.24, 2.45) is 0 Å². The Hall–Kier alpha value is -2.13. The largest absolute Gasteiger partial charge is 0.350 e. The maximum atomic E-state index is 12.9. The zero-order chi connectivity index (χ0) is 23.2. The molecule has 0 heterocycles. The molecule has 0 aromatic heterocycles. The third kappa shape index (κ3) is 7.50. The Balaban J connectivity index is 2.18. The van der Waals surface area contributed by atoms with Crippen LogP contribution in [-0.4, -0.2) is 55.3 Å².